The summed E-state index contributed by atoms with van der Waals surface area (Å²) in [6.07, 6.45) is 1.17. The van der Waals surface area contributed by atoms with Gasteiger partial charge >= 0.3 is 0 Å². The summed E-state index contributed by atoms with van der Waals surface area (Å²) in [6, 6.07) is 8.12. The van der Waals surface area contributed by atoms with E-state index in [0.29, 0.717) is 6.54 Å². The van der Waals surface area contributed by atoms with Gasteiger partial charge in [-0.25, -0.2) is 13.1 Å². The molecule has 0 amide bonds. The number of rotatable bonds is 6. The molecule has 19 heavy (non-hydrogen) atoms. The van der Waals surface area contributed by atoms with Crippen LogP contribution in [-0.4, -0.2) is 26.8 Å². The second-order valence-corrected chi connectivity index (χ2v) is 7.99. The van der Waals surface area contributed by atoms with E-state index in [1.807, 2.05) is 38.1 Å². The molecule has 0 saturated carbocycles. The summed E-state index contributed by atoms with van der Waals surface area (Å²) in [6.45, 7) is 6.31. The van der Waals surface area contributed by atoms with Gasteiger partial charge in [-0.1, -0.05) is 34.1 Å². The summed E-state index contributed by atoms with van der Waals surface area (Å²) in [5, 5.41) is 3.35. The Balaban J connectivity index is 2.64. The van der Waals surface area contributed by atoms with E-state index in [2.05, 4.69) is 32.9 Å². The smallest absolute Gasteiger partial charge is 0.209 e. The molecule has 0 saturated heterocycles. The van der Waals surface area contributed by atoms with Gasteiger partial charge in [0.15, 0.2) is 0 Å². The maximum atomic E-state index is 11.3. The van der Waals surface area contributed by atoms with Crippen molar-refractivity contribution in [1.29, 1.82) is 0 Å². The molecule has 0 aliphatic rings. The van der Waals surface area contributed by atoms with Crippen molar-refractivity contribution in [1.82, 2.24) is 10.0 Å². The summed E-state index contributed by atoms with van der Waals surface area (Å²) in [7, 11) is -3.20. The van der Waals surface area contributed by atoms with Crippen LogP contribution in [0.15, 0.2) is 28.7 Å². The molecule has 2 N–H and O–H groups in total. The van der Waals surface area contributed by atoms with Crippen LogP contribution in [0.3, 0.4) is 0 Å². The lowest BCUT2D eigenvalue weighted by Crippen LogP contribution is -2.50. The van der Waals surface area contributed by atoms with Crippen LogP contribution in [0.1, 0.15) is 32.4 Å². The molecule has 0 aromatic heterocycles. The van der Waals surface area contributed by atoms with E-state index in [1.54, 1.807) is 0 Å². The number of nitrogens with one attached hydrogen (secondary N) is 2. The third kappa shape index (κ3) is 6.03. The Kier molecular flexibility index (Phi) is 5.55. The molecule has 0 heterocycles. The lowest BCUT2D eigenvalue weighted by molar-refractivity contribution is 0.399. The second-order valence-electron chi connectivity index (χ2n) is 5.38. The van der Waals surface area contributed by atoms with E-state index >= 15 is 0 Å². The minimum absolute atomic E-state index is 0.135. The average molecular weight is 349 g/mol. The molecular formula is C13H21BrN2O2S. The van der Waals surface area contributed by atoms with Gasteiger partial charge in [-0.15, -0.1) is 0 Å². The normalized spacial score (nSPS) is 14.4. The predicted octanol–water partition coefficient (Wildman–Crippen LogP) is 2.43. The van der Waals surface area contributed by atoms with Crippen molar-refractivity contribution in [2.24, 2.45) is 0 Å². The highest BCUT2D eigenvalue weighted by molar-refractivity contribution is 9.10. The highest BCUT2D eigenvalue weighted by atomic mass is 79.9. The van der Waals surface area contributed by atoms with E-state index < -0.39 is 15.6 Å². The van der Waals surface area contributed by atoms with Crippen LogP contribution in [-0.2, 0) is 10.0 Å². The second kappa shape index (κ2) is 6.35. The van der Waals surface area contributed by atoms with Gasteiger partial charge in [0.05, 0.1) is 6.26 Å². The molecule has 1 unspecified atom stereocenters. The minimum atomic E-state index is -3.20. The summed E-state index contributed by atoms with van der Waals surface area (Å²) in [5.41, 5.74) is 0.626. The van der Waals surface area contributed by atoms with Crippen molar-refractivity contribution < 1.29 is 8.42 Å². The molecule has 0 spiro atoms. The standard InChI is InChI=1S/C13H21BrN2O2S/c1-10(11-7-5-6-8-12(11)14)15-9-13(2,3)16-19(4,17)18/h5-8,10,15-16H,9H2,1-4H3. The van der Waals surface area contributed by atoms with Gasteiger partial charge in [-0.05, 0) is 32.4 Å². The summed E-state index contributed by atoms with van der Waals surface area (Å²) in [5.74, 6) is 0. The zero-order valence-corrected chi connectivity index (χ0v) is 14.1. The van der Waals surface area contributed by atoms with Gasteiger partial charge < -0.3 is 5.32 Å². The van der Waals surface area contributed by atoms with Crippen molar-refractivity contribution in [3.05, 3.63) is 34.3 Å². The Hall–Kier alpha value is -0.430. The van der Waals surface area contributed by atoms with E-state index in [-0.39, 0.29) is 6.04 Å². The Bertz CT molecular complexity index is 529. The summed E-state index contributed by atoms with van der Waals surface area (Å²) in [4.78, 5) is 0. The molecule has 1 rings (SSSR count). The van der Waals surface area contributed by atoms with Gasteiger partial charge in [0.25, 0.3) is 0 Å². The first kappa shape index (κ1) is 16.6. The number of hydrogen-bond donors (Lipinski definition) is 2. The van der Waals surface area contributed by atoms with Gasteiger partial charge in [0.1, 0.15) is 0 Å². The third-order valence-corrected chi connectivity index (χ3v) is 4.33. The molecule has 1 aromatic rings. The van der Waals surface area contributed by atoms with Crippen LogP contribution in [0, 0.1) is 0 Å². The molecule has 0 radical (unpaired) electrons. The molecule has 0 fully saturated rings. The Morgan fingerprint density at radius 3 is 2.42 bits per heavy atom. The fourth-order valence-electron chi connectivity index (χ4n) is 1.88. The van der Waals surface area contributed by atoms with Crippen molar-refractivity contribution in [2.45, 2.75) is 32.4 Å². The fraction of sp³-hybridized carbons (Fsp3) is 0.538. The van der Waals surface area contributed by atoms with Crippen LogP contribution < -0.4 is 10.0 Å². The van der Waals surface area contributed by atoms with Gasteiger partial charge in [0, 0.05) is 22.6 Å². The monoisotopic (exact) mass is 348 g/mol. The maximum Gasteiger partial charge on any atom is 0.209 e. The molecule has 6 heteroatoms. The largest absolute Gasteiger partial charge is 0.308 e. The molecule has 0 aliphatic heterocycles. The Labute approximate surface area is 124 Å². The zero-order valence-electron chi connectivity index (χ0n) is 11.7. The average Bonchev–Trinajstić information content (AvgIpc) is 2.23. The van der Waals surface area contributed by atoms with Crippen LogP contribution >= 0.6 is 15.9 Å². The van der Waals surface area contributed by atoms with Gasteiger partial charge in [0.2, 0.25) is 10.0 Å². The van der Waals surface area contributed by atoms with Crippen molar-refractivity contribution >= 4 is 26.0 Å². The molecule has 0 aliphatic carbocycles. The SMILES string of the molecule is CC(NCC(C)(C)NS(C)(=O)=O)c1ccccc1Br. The fourth-order valence-corrected chi connectivity index (χ4v) is 3.59. The van der Waals surface area contributed by atoms with Crippen LogP contribution in [0.4, 0.5) is 0 Å². The minimum Gasteiger partial charge on any atom is -0.308 e. The van der Waals surface area contributed by atoms with Gasteiger partial charge in [-0.3, -0.25) is 0 Å². The highest BCUT2D eigenvalue weighted by Crippen LogP contribution is 2.22. The first-order valence-electron chi connectivity index (χ1n) is 6.07. The van der Waals surface area contributed by atoms with Crippen LogP contribution in [0.25, 0.3) is 0 Å². The lowest BCUT2D eigenvalue weighted by atomic mass is 10.0. The van der Waals surface area contributed by atoms with Crippen molar-refractivity contribution in [3.8, 4) is 0 Å². The van der Waals surface area contributed by atoms with E-state index in [4.69, 9.17) is 0 Å². The third-order valence-electron chi connectivity index (χ3n) is 2.68. The summed E-state index contributed by atoms with van der Waals surface area (Å²) >= 11 is 3.51. The highest BCUT2D eigenvalue weighted by Gasteiger charge is 2.22. The van der Waals surface area contributed by atoms with Crippen molar-refractivity contribution in [2.75, 3.05) is 12.8 Å². The van der Waals surface area contributed by atoms with Crippen molar-refractivity contribution in [3.63, 3.8) is 0 Å². The molecule has 108 valence electrons. The molecule has 1 aromatic carbocycles. The topological polar surface area (TPSA) is 58.2 Å². The van der Waals surface area contributed by atoms with Crippen LogP contribution in [0.5, 0.6) is 0 Å². The predicted molar refractivity (Wildman–Crippen MR) is 82.6 cm³/mol. The zero-order chi connectivity index (χ0) is 14.7. The molecule has 1 atom stereocenters. The van der Waals surface area contributed by atoms with E-state index in [9.17, 15) is 8.42 Å². The van der Waals surface area contributed by atoms with Gasteiger partial charge in [-0.2, -0.15) is 0 Å². The number of hydrogen-bond acceptors (Lipinski definition) is 3. The van der Waals surface area contributed by atoms with Crippen LogP contribution in [0.2, 0.25) is 0 Å². The molecular weight excluding hydrogens is 328 g/mol. The number of benzene rings is 1. The first-order chi connectivity index (χ1) is 8.61. The Morgan fingerprint density at radius 1 is 1.32 bits per heavy atom. The number of halogens is 1. The number of sulfonamides is 1. The molecule has 4 nitrogen and oxygen atoms in total. The summed E-state index contributed by atoms with van der Waals surface area (Å²) < 4.78 is 26.2. The van der Waals surface area contributed by atoms with E-state index in [1.165, 1.54) is 6.26 Å². The lowest BCUT2D eigenvalue weighted by Gasteiger charge is -2.28. The molecule has 0 bridgehead atoms. The first-order valence-corrected chi connectivity index (χ1v) is 8.76. The maximum absolute atomic E-state index is 11.3. The quantitative estimate of drug-likeness (QED) is 0.829. The van der Waals surface area contributed by atoms with E-state index in [0.717, 1.165) is 10.0 Å². The Morgan fingerprint density at radius 2 is 1.89 bits per heavy atom.